The van der Waals surface area contributed by atoms with Crippen LogP contribution in [0.25, 0.3) is 0 Å². The summed E-state index contributed by atoms with van der Waals surface area (Å²) in [5, 5.41) is 6.97. The normalized spacial score (nSPS) is 14.4. The molecule has 2 aromatic carbocycles. The van der Waals surface area contributed by atoms with E-state index in [0.29, 0.717) is 6.61 Å². The molecule has 0 bridgehead atoms. The molecule has 0 atom stereocenters. The standard InChI is InChI=1S/C24H29N3O3/c28-23(26-21-9-5-2-6-10-21)15-16-24(29)27-25-17-19-11-13-22(14-12-19)30-18-20-7-3-1-4-8-20/h1,3-4,7-8,11-14,17,21H,2,5-6,9-10,15-16,18H2,(H,26,28)(H,27,29)/b25-17-. The molecule has 0 radical (unpaired) electrons. The summed E-state index contributed by atoms with van der Waals surface area (Å²) in [4.78, 5) is 23.8. The zero-order valence-corrected chi connectivity index (χ0v) is 17.2. The van der Waals surface area contributed by atoms with Crippen LogP contribution in [0.2, 0.25) is 0 Å². The third-order valence-corrected chi connectivity index (χ3v) is 5.08. The van der Waals surface area contributed by atoms with Crippen LogP contribution < -0.4 is 15.5 Å². The van der Waals surface area contributed by atoms with Gasteiger partial charge in [0.15, 0.2) is 0 Å². The minimum atomic E-state index is -0.271. The molecule has 0 heterocycles. The largest absolute Gasteiger partial charge is 0.489 e. The Morgan fingerprint density at radius 3 is 2.37 bits per heavy atom. The van der Waals surface area contributed by atoms with Crippen LogP contribution in [0.3, 0.4) is 0 Å². The molecular formula is C24H29N3O3. The van der Waals surface area contributed by atoms with Crippen LogP contribution in [-0.4, -0.2) is 24.1 Å². The average molecular weight is 408 g/mol. The number of hydrogen-bond acceptors (Lipinski definition) is 4. The molecule has 0 aliphatic heterocycles. The van der Waals surface area contributed by atoms with E-state index in [1.165, 1.54) is 19.3 Å². The van der Waals surface area contributed by atoms with Crippen LogP contribution in [0.5, 0.6) is 5.75 Å². The second kappa shape index (κ2) is 11.8. The Morgan fingerprint density at radius 2 is 1.63 bits per heavy atom. The number of carbonyl (C=O) groups is 2. The molecule has 30 heavy (non-hydrogen) atoms. The lowest BCUT2D eigenvalue weighted by molar-refractivity contribution is -0.126. The van der Waals surface area contributed by atoms with E-state index in [2.05, 4.69) is 15.8 Å². The molecule has 2 N–H and O–H groups in total. The van der Waals surface area contributed by atoms with E-state index < -0.39 is 0 Å². The Kier molecular flexibility index (Phi) is 8.45. The number of hydrazone groups is 1. The van der Waals surface area contributed by atoms with Gasteiger partial charge in [-0.15, -0.1) is 0 Å². The van der Waals surface area contributed by atoms with Gasteiger partial charge in [0.2, 0.25) is 11.8 Å². The summed E-state index contributed by atoms with van der Waals surface area (Å²) in [5.41, 5.74) is 4.43. The smallest absolute Gasteiger partial charge is 0.240 e. The number of hydrogen-bond donors (Lipinski definition) is 2. The van der Waals surface area contributed by atoms with Crippen LogP contribution in [0.4, 0.5) is 0 Å². The van der Waals surface area contributed by atoms with Crippen LogP contribution >= 0.6 is 0 Å². The first-order chi connectivity index (χ1) is 14.7. The maximum absolute atomic E-state index is 11.9. The Balaban J connectivity index is 1.34. The Hall–Kier alpha value is -3.15. The molecule has 1 fully saturated rings. The molecule has 1 saturated carbocycles. The lowest BCUT2D eigenvalue weighted by Crippen LogP contribution is -2.36. The van der Waals surface area contributed by atoms with Crippen molar-refractivity contribution in [2.24, 2.45) is 5.10 Å². The lowest BCUT2D eigenvalue weighted by Gasteiger charge is -2.22. The summed E-state index contributed by atoms with van der Waals surface area (Å²) < 4.78 is 5.75. The van der Waals surface area contributed by atoms with Crippen molar-refractivity contribution in [1.82, 2.24) is 10.7 Å². The van der Waals surface area contributed by atoms with Crippen LogP contribution in [0.1, 0.15) is 56.1 Å². The molecule has 3 rings (SSSR count). The Bertz CT molecular complexity index is 829. The molecule has 158 valence electrons. The van der Waals surface area contributed by atoms with Crippen molar-refractivity contribution in [1.29, 1.82) is 0 Å². The molecule has 6 heteroatoms. The molecule has 0 unspecified atom stereocenters. The van der Waals surface area contributed by atoms with Crippen molar-refractivity contribution in [3.05, 3.63) is 65.7 Å². The first kappa shape index (κ1) is 21.6. The van der Waals surface area contributed by atoms with Gasteiger partial charge in [0, 0.05) is 18.9 Å². The second-order valence-corrected chi connectivity index (χ2v) is 7.54. The number of nitrogens with one attached hydrogen (secondary N) is 2. The summed E-state index contributed by atoms with van der Waals surface area (Å²) in [6, 6.07) is 17.7. The first-order valence-corrected chi connectivity index (χ1v) is 10.6. The van der Waals surface area contributed by atoms with Crippen LogP contribution in [0, 0.1) is 0 Å². The molecular weight excluding hydrogens is 378 g/mol. The van der Waals surface area contributed by atoms with Crippen LogP contribution in [-0.2, 0) is 16.2 Å². The lowest BCUT2D eigenvalue weighted by atomic mass is 9.95. The molecule has 0 saturated heterocycles. The maximum atomic E-state index is 11.9. The van der Waals surface area contributed by atoms with E-state index in [1.54, 1.807) is 6.21 Å². The number of ether oxygens (including phenoxy) is 1. The van der Waals surface area contributed by atoms with E-state index in [0.717, 1.165) is 29.7 Å². The number of nitrogens with zero attached hydrogens (tertiary/aromatic N) is 1. The van der Waals surface area contributed by atoms with Crippen molar-refractivity contribution in [3.63, 3.8) is 0 Å². The highest BCUT2D eigenvalue weighted by Crippen LogP contribution is 2.17. The Labute approximate surface area is 177 Å². The molecule has 1 aliphatic rings. The first-order valence-electron chi connectivity index (χ1n) is 10.6. The molecule has 1 aliphatic carbocycles. The molecule has 2 aromatic rings. The summed E-state index contributed by atoms with van der Waals surface area (Å²) >= 11 is 0. The van der Waals surface area contributed by atoms with Gasteiger partial charge in [0.05, 0.1) is 6.21 Å². The highest BCUT2D eigenvalue weighted by Gasteiger charge is 2.16. The SMILES string of the molecule is O=C(CCC(=O)NC1CCCCC1)N/N=C\c1ccc(OCc2ccccc2)cc1. The van der Waals surface area contributed by atoms with E-state index in [9.17, 15) is 9.59 Å². The van der Waals surface area contributed by atoms with Crippen molar-refractivity contribution in [2.45, 2.75) is 57.6 Å². The van der Waals surface area contributed by atoms with Gasteiger partial charge in [0.25, 0.3) is 0 Å². The van der Waals surface area contributed by atoms with E-state index in [4.69, 9.17) is 4.74 Å². The highest BCUT2D eigenvalue weighted by atomic mass is 16.5. The molecule has 2 amide bonds. The van der Waals surface area contributed by atoms with Gasteiger partial charge < -0.3 is 10.1 Å². The maximum Gasteiger partial charge on any atom is 0.240 e. The predicted molar refractivity (Wildman–Crippen MR) is 117 cm³/mol. The third-order valence-electron chi connectivity index (χ3n) is 5.08. The third kappa shape index (κ3) is 7.70. The molecule has 0 aromatic heterocycles. The summed E-state index contributed by atoms with van der Waals surface area (Å²) in [6.45, 7) is 0.513. The summed E-state index contributed by atoms with van der Waals surface area (Å²) in [6.07, 6.45) is 7.54. The van der Waals surface area contributed by atoms with Gasteiger partial charge in [-0.25, -0.2) is 5.43 Å². The van der Waals surface area contributed by atoms with Gasteiger partial charge >= 0.3 is 0 Å². The quantitative estimate of drug-likeness (QED) is 0.488. The topological polar surface area (TPSA) is 79.8 Å². The molecule has 0 spiro atoms. The second-order valence-electron chi connectivity index (χ2n) is 7.54. The van der Waals surface area contributed by atoms with Gasteiger partial charge in [-0.05, 0) is 48.2 Å². The van der Waals surface area contributed by atoms with E-state index in [-0.39, 0.29) is 30.7 Å². The van der Waals surface area contributed by atoms with Crippen molar-refractivity contribution >= 4 is 18.0 Å². The zero-order valence-electron chi connectivity index (χ0n) is 17.2. The van der Waals surface area contributed by atoms with Gasteiger partial charge in [0.1, 0.15) is 12.4 Å². The number of rotatable bonds is 9. The number of benzene rings is 2. The fourth-order valence-corrected chi connectivity index (χ4v) is 3.40. The zero-order chi connectivity index (χ0) is 21.0. The van der Waals surface area contributed by atoms with E-state index in [1.807, 2.05) is 54.6 Å². The average Bonchev–Trinajstić information content (AvgIpc) is 2.78. The van der Waals surface area contributed by atoms with Crippen molar-refractivity contribution in [2.75, 3.05) is 0 Å². The van der Waals surface area contributed by atoms with E-state index >= 15 is 0 Å². The van der Waals surface area contributed by atoms with Crippen molar-refractivity contribution in [3.8, 4) is 5.75 Å². The fourth-order valence-electron chi connectivity index (χ4n) is 3.40. The summed E-state index contributed by atoms with van der Waals surface area (Å²) in [7, 11) is 0. The van der Waals surface area contributed by atoms with Crippen molar-refractivity contribution < 1.29 is 14.3 Å². The minimum Gasteiger partial charge on any atom is -0.489 e. The fraction of sp³-hybridized carbons (Fsp3) is 0.375. The van der Waals surface area contributed by atoms with Gasteiger partial charge in [-0.1, -0.05) is 49.6 Å². The number of carbonyl (C=O) groups excluding carboxylic acids is 2. The van der Waals surface area contributed by atoms with Crippen LogP contribution in [0.15, 0.2) is 59.7 Å². The monoisotopic (exact) mass is 407 g/mol. The van der Waals surface area contributed by atoms with Gasteiger partial charge in [-0.3, -0.25) is 9.59 Å². The highest BCUT2D eigenvalue weighted by molar-refractivity contribution is 5.85. The van der Waals surface area contributed by atoms with Gasteiger partial charge in [-0.2, -0.15) is 5.10 Å². The minimum absolute atomic E-state index is 0.0629. The summed E-state index contributed by atoms with van der Waals surface area (Å²) in [5.74, 6) is 0.434. The Morgan fingerprint density at radius 1 is 0.933 bits per heavy atom. The number of amides is 2. The molecule has 6 nitrogen and oxygen atoms in total. The predicted octanol–water partition coefficient (Wildman–Crippen LogP) is 3.94.